The Balaban J connectivity index is 2.19. The van der Waals surface area contributed by atoms with E-state index in [0.717, 1.165) is 5.56 Å². The normalized spacial score (nSPS) is 20.1. The fourth-order valence-electron chi connectivity index (χ4n) is 3.36. The second kappa shape index (κ2) is 10.8. The van der Waals surface area contributed by atoms with E-state index in [-0.39, 0.29) is 31.1 Å². The van der Waals surface area contributed by atoms with Crippen LogP contribution in [0.2, 0.25) is 0 Å². The van der Waals surface area contributed by atoms with Crippen molar-refractivity contribution < 1.29 is 24.3 Å². The molecule has 3 atom stereocenters. The summed E-state index contributed by atoms with van der Waals surface area (Å²) < 4.78 is 0. The van der Waals surface area contributed by atoms with Crippen LogP contribution in [0.4, 0.5) is 0 Å². The van der Waals surface area contributed by atoms with E-state index in [4.69, 9.17) is 0 Å². The summed E-state index contributed by atoms with van der Waals surface area (Å²) in [5.74, 6) is -1.88. The molecule has 0 aromatic heterocycles. The molecular weight excluding hydrogens is 400 g/mol. The van der Waals surface area contributed by atoms with E-state index >= 15 is 0 Å². The molecule has 0 spiro atoms. The van der Waals surface area contributed by atoms with Crippen LogP contribution in [0.1, 0.15) is 45.6 Å². The highest BCUT2D eigenvalue weighted by Gasteiger charge is 2.36. The van der Waals surface area contributed by atoms with Gasteiger partial charge in [-0.15, -0.1) is 0 Å². The van der Waals surface area contributed by atoms with Crippen molar-refractivity contribution >= 4 is 29.8 Å². The zero-order valence-electron chi connectivity index (χ0n) is 18.1. The van der Waals surface area contributed by atoms with Gasteiger partial charge in [-0.05, 0) is 17.9 Å². The number of carbonyl (C=O) groups is 4. The quantitative estimate of drug-likeness (QED) is 0.422. The minimum absolute atomic E-state index is 0.0155. The lowest BCUT2D eigenvalue weighted by atomic mass is 9.99. The largest absolute Gasteiger partial charge is 0.370 e. The lowest BCUT2D eigenvalue weighted by Gasteiger charge is -2.31. The second-order valence-corrected chi connectivity index (χ2v) is 8.24. The van der Waals surface area contributed by atoms with Gasteiger partial charge in [0.15, 0.2) is 5.72 Å². The second-order valence-electron chi connectivity index (χ2n) is 8.24. The van der Waals surface area contributed by atoms with Crippen LogP contribution in [0.3, 0.4) is 0 Å². The summed E-state index contributed by atoms with van der Waals surface area (Å²) in [6.07, 6.45) is 1.47. The summed E-state index contributed by atoms with van der Waals surface area (Å²) in [4.78, 5) is 52.6. The molecule has 1 aromatic rings. The summed E-state index contributed by atoms with van der Waals surface area (Å²) in [7, 11) is 0. The Morgan fingerprint density at radius 2 is 1.77 bits per heavy atom. The van der Waals surface area contributed by atoms with E-state index in [9.17, 15) is 24.3 Å². The summed E-state index contributed by atoms with van der Waals surface area (Å²) in [6, 6.07) is 7.28. The van der Waals surface area contributed by atoms with Crippen molar-refractivity contribution in [1.29, 1.82) is 0 Å². The highest BCUT2D eigenvalue weighted by molar-refractivity contribution is 5.93. The molecule has 1 unspecified atom stereocenters. The number of nitrogens with zero attached hydrogens (tertiary/aromatic N) is 1. The van der Waals surface area contributed by atoms with Gasteiger partial charge in [-0.25, -0.2) is 4.99 Å². The lowest BCUT2D eigenvalue weighted by Crippen LogP contribution is -2.59. The molecule has 168 valence electrons. The van der Waals surface area contributed by atoms with Crippen molar-refractivity contribution in [1.82, 2.24) is 16.0 Å². The van der Waals surface area contributed by atoms with Gasteiger partial charge in [-0.1, -0.05) is 44.2 Å². The number of hydrogen-bond donors (Lipinski definition) is 4. The van der Waals surface area contributed by atoms with Gasteiger partial charge < -0.3 is 21.1 Å². The number of nitrogens with one attached hydrogen (secondary N) is 3. The van der Waals surface area contributed by atoms with E-state index in [0.29, 0.717) is 6.42 Å². The van der Waals surface area contributed by atoms with Crippen LogP contribution >= 0.6 is 0 Å². The smallest absolute Gasteiger partial charge is 0.250 e. The Bertz CT molecular complexity index is 840. The van der Waals surface area contributed by atoms with Crippen LogP contribution in [-0.2, 0) is 25.6 Å². The average Bonchev–Trinajstić information content (AvgIpc) is 2.66. The molecule has 9 heteroatoms. The predicted molar refractivity (Wildman–Crippen MR) is 115 cm³/mol. The standard InChI is InChI=1S/C22H30N4O5/c1-14(2)11-17(24-15(3)27)20(29)25-18(12-16-7-5-4-6-8-16)21(30)26-22(31)9-10-23-19(28)13-22/h4-8,10,14,17-18,31H,9,11-13H2,1-3H3,(H,24,27)(H,25,29)(H,26,30)/t17-,18-,22?/m0/s1. The monoisotopic (exact) mass is 430 g/mol. The van der Waals surface area contributed by atoms with Crippen LogP contribution < -0.4 is 16.0 Å². The third-order valence-electron chi connectivity index (χ3n) is 4.78. The molecule has 0 radical (unpaired) electrons. The molecule has 4 amide bonds. The molecule has 1 aliphatic rings. The number of benzene rings is 1. The van der Waals surface area contributed by atoms with Crippen LogP contribution in [-0.4, -0.2) is 52.8 Å². The highest BCUT2D eigenvalue weighted by Crippen LogP contribution is 2.16. The van der Waals surface area contributed by atoms with Crippen molar-refractivity contribution in [2.75, 3.05) is 0 Å². The van der Waals surface area contributed by atoms with Gasteiger partial charge in [0.05, 0.1) is 6.42 Å². The molecule has 1 aliphatic heterocycles. The highest BCUT2D eigenvalue weighted by atomic mass is 16.3. The van der Waals surface area contributed by atoms with E-state index in [1.807, 2.05) is 44.2 Å². The molecule has 2 rings (SSSR count). The number of carbonyl (C=O) groups excluding carboxylic acids is 4. The number of aliphatic imine (C=N–C) groups is 1. The Kier molecular flexibility index (Phi) is 8.44. The molecule has 1 aromatic carbocycles. The Labute approximate surface area is 181 Å². The Morgan fingerprint density at radius 1 is 1.10 bits per heavy atom. The molecule has 9 nitrogen and oxygen atoms in total. The number of aliphatic hydroxyl groups is 1. The maximum atomic E-state index is 13.0. The van der Waals surface area contributed by atoms with Gasteiger partial charge >= 0.3 is 0 Å². The van der Waals surface area contributed by atoms with Crippen LogP contribution in [0, 0.1) is 5.92 Å². The Hall–Kier alpha value is -3.07. The Morgan fingerprint density at radius 3 is 2.35 bits per heavy atom. The first kappa shape index (κ1) is 24.2. The third-order valence-corrected chi connectivity index (χ3v) is 4.78. The summed E-state index contributed by atoms with van der Waals surface area (Å²) in [6.45, 7) is 5.17. The van der Waals surface area contributed by atoms with Gasteiger partial charge in [0, 0.05) is 26.0 Å². The summed E-state index contributed by atoms with van der Waals surface area (Å²) >= 11 is 0. The number of rotatable bonds is 9. The van der Waals surface area contributed by atoms with E-state index in [1.54, 1.807) is 0 Å². The minimum atomic E-state index is -1.76. The minimum Gasteiger partial charge on any atom is -0.370 e. The van der Waals surface area contributed by atoms with Crippen molar-refractivity contribution in [3.8, 4) is 0 Å². The maximum absolute atomic E-state index is 13.0. The molecule has 0 saturated heterocycles. The maximum Gasteiger partial charge on any atom is 0.250 e. The van der Waals surface area contributed by atoms with Crippen LogP contribution in [0.15, 0.2) is 35.3 Å². The van der Waals surface area contributed by atoms with Gasteiger partial charge in [0.1, 0.15) is 12.1 Å². The number of hydrogen-bond acceptors (Lipinski definition) is 5. The molecule has 0 aliphatic carbocycles. The third kappa shape index (κ3) is 7.93. The van der Waals surface area contributed by atoms with Crippen LogP contribution in [0.25, 0.3) is 0 Å². The van der Waals surface area contributed by atoms with Crippen molar-refractivity contribution in [2.24, 2.45) is 10.9 Å². The van der Waals surface area contributed by atoms with E-state index in [1.165, 1.54) is 13.1 Å². The van der Waals surface area contributed by atoms with Gasteiger partial charge in [0.25, 0.3) is 0 Å². The van der Waals surface area contributed by atoms with Gasteiger partial charge in [-0.3, -0.25) is 19.2 Å². The first-order chi connectivity index (χ1) is 14.6. The first-order valence-corrected chi connectivity index (χ1v) is 10.3. The topological polar surface area (TPSA) is 137 Å². The average molecular weight is 431 g/mol. The van der Waals surface area contributed by atoms with Crippen molar-refractivity contribution in [3.05, 3.63) is 35.9 Å². The fourth-order valence-corrected chi connectivity index (χ4v) is 3.36. The zero-order valence-corrected chi connectivity index (χ0v) is 18.1. The van der Waals surface area contributed by atoms with Gasteiger partial charge in [0.2, 0.25) is 23.6 Å². The molecular formula is C22H30N4O5. The lowest BCUT2D eigenvalue weighted by molar-refractivity contribution is -0.138. The molecule has 0 bridgehead atoms. The summed E-state index contributed by atoms with van der Waals surface area (Å²) in [5.41, 5.74) is -0.957. The van der Waals surface area contributed by atoms with E-state index in [2.05, 4.69) is 20.9 Å². The molecule has 0 saturated carbocycles. The summed E-state index contributed by atoms with van der Waals surface area (Å²) in [5, 5.41) is 18.4. The zero-order chi connectivity index (χ0) is 23.0. The van der Waals surface area contributed by atoms with Crippen molar-refractivity contribution in [2.45, 2.75) is 64.3 Å². The molecule has 31 heavy (non-hydrogen) atoms. The SMILES string of the molecule is CC(=O)N[C@@H](CC(C)C)C(=O)N[C@@H](Cc1ccccc1)C(=O)NC1(O)CC=NC(=O)C1. The fraction of sp³-hybridized carbons (Fsp3) is 0.500. The number of amides is 4. The van der Waals surface area contributed by atoms with Crippen molar-refractivity contribution in [3.63, 3.8) is 0 Å². The van der Waals surface area contributed by atoms with E-state index < -0.39 is 35.5 Å². The molecule has 0 fully saturated rings. The molecule has 1 heterocycles. The van der Waals surface area contributed by atoms with Gasteiger partial charge in [-0.2, -0.15) is 0 Å². The van der Waals surface area contributed by atoms with Crippen LogP contribution in [0.5, 0.6) is 0 Å². The first-order valence-electron chi connectivity index (χ1n) is 10.3. The predicted octanol–water partition coefficient (Wildman–Crippen LogP) is 0.461. The molecule has 4 N–H and O–H groups in total.